The third kappa shape index (κ3) is 5.31. The summed E-state index contributed by atoms with van der Waals surface area (Å²) in [6.45, 7) is 4.55. The molecule has 1 aliphatic rings. The summed E-state index contributed by atoms with van der Waals surface area (Å²) in [4.78, 5) is 34.2. The van der Waals surface area contributed by atoms with Crippen LogP contribution in [0.4, 0.5) is 10.1 Å². The highest BCUT2D eigenvalue weighted by molar-refractivity contribution is 7.13. The van der Waals surface area contributed by atoms with Crippen LogP contribution in [0.1, 0.15) is 25.9 Å². The van der Waals surface area contributed by atoms with Gasteiger partial charge >= 0.3 is 0 Å². The van der Waals surface area contributed by atoms with Gasteiger partial charge in [0.1, 0.15) is 10.7 Å². The molecule has 1 N–H and O–H groups in total. The van der Waals surface area contributed by atoms with Crippen LogP contribution >= 0.6 is 11.3 Å². The van der Waals surface area contributed by atoms with Crippen LogP contribution in [0.25, 0.3) is 0 Å². The number of amides is 2. The molecule has 1 saturated heterocycles. The largest absolute Gasteiger partial charge is 0.368 e. The van der Waals surface area contributed by atoms with Gasteiger partial charge in [0, 0.05) is 38.3 Å². The summed E-state index contributed by atoms with van der Waals surface area (Å²) in [5, 5.41) is 3.52. The summed E-state index contributed by atoms with van der Waals surface area (Å²) in [6, 6.07) is 16.4. The summed E-state index contributed by atoms with van der Waals surface area (Å²) < 4.78 is 13.1. The topological polar surface area (TPSA) is 65.5 Å². The van der Waals surface area contributed by atoms with E-state index >= 15 is 0 Å². The van der Waals surface area contributed by atoms with Gasteiger partial charge in [-0.25, -0.2) is 9.37 Å². The van der Waals surface area contributed by atoms with E-state index in [1.54, 1.807) is 24.0 Å². The number of rotatable bonds is 6. The predicted octanol–water partition coefficient (Wildman–Crippen LogP) is 3.26. The number of aromatic nitrogens is 1. The van der Waals surface area contributed by atoms with Crippen LogP contribution in [0.2, 0.25) is 0 Å². The van der Waals surface area contributed by atoms with Crippen molar-refractivity contribution in [2.45, 2.75) is 13.3 Å². The van der Waals surface area contributed by atoms with Crippen LogP contribution < -0.4 is 10.2 Å². The number of thiazole rings is 1. The Kier molecular flexibility index (Phi) is 6.80. The molecule has 0 aliphatic carbocycles. The monoisotopic (exact) mass is 452 g/mol. The van der Waals surface area contributed by atoms with Crippen molar-refractivity contribution < 1.29 is 14.0 Å². The highest BCUT2D eigenvalue weighted by atomic mass is 32.1. The van der Waals surface area contributed by atoms with Crippen LogP contribution in [0.15, 0.2) is 54.6 Å². The Balaban J connectivity index is 1.28. The average molecular weight is 453 g/mol. The Hall–Kier alpha value is -3.26. The normalized spacial score (nSPS) is 13.8. The Morgan fingerprint density at radius 1 is 1.03 bits per heavy atom. The van der Waals surface area contributed by atoms with Crippen LogP contribution in [-0.2, 0) is 11.2 Å². The fourth-order valence-electron chi connectivity index (χ4n) is 3.72. The zero-order chi connectivity index (χ0) is 22.5. The number of nitrogens with one attached hydrogen (secondary N) is 1. The minimum absolute atomic E-state index is 0.0329. The highest BCUT2D eigenvalue weighted by Gasteiger charge is 2.22. The van der Waals surface area contributed by atoms with Crippen molar-refractivity contribution >= 4 is 28.8 Å². The van der Waals surface area contributed by atoms with Gasteiger partial charge < -0.3 is 15.1 Å². The lowest BCUT2D eigenvalue weighted by Crippen LogP contribution is -2.51. The summed E-state index contributed by atoms with van der Waals surface area (Å²) >= 11 is 1.30. The summed E-state index contributed by atoms with van der Waals surface area (Å²) in [5.41, 5.74) is 2.72. The number of hydrogen-bond acceptors (Lipinski definition) is 5. The van der Waals surface area contributed by atoms with E-state index in [0.717, 1.165) is 29.3 Å². The van der Waals surface area contributed by atoms with Gasteiger partial charge in [0.25, 0.3) is 5.91 Å². The molecule has 0 spiro atoms. The number of carbonyl (C=O) groups excluding carboxylic acids is 2. The molecule has 6 nitrogen and oxygen atoms in total. The molecular weight excluding hydrogens is 427 g/mol. The Morgan fingerprint density at radius 2 is 1.72 bits per heavy atom. The number of benzene rings is 2. The van der Waals surface area contributed by atoms with Crippen LogP contribution in [0, 0.1) is 12.7 Å². The van der Waals surface area contributed by atoms with E-state index in [2.05, 4.69) is 27.3 Å². The number of nitrogens with zero attached hydrogens (tertiary/aromatic N) is 3. The number of carbonyl (C=O) groups is 2. The van der Waals surface area contributed by atoms with Gasteiger partial charge in [-0.1, -0.05) is 30.3 Å². The number of para-hydroxylation sites is 1. The van der Waals surface area contributed by atoms with E-state index in [1.165, 1.54) is 23.5 Å². The van der Waals surface area contributed by atoms with Crippen LogP contribution in [-0.4, -0.2) is 54.4 Å². The van der Waals surface area contributed by atoms with E-state index < -0.39 is 0 Å². The first kappa shape index (κ1) is 22.0. The maximum atomic E-state index is 13.1. The number of halogens is 1. The van der Waals surface area contributed by atoms with E-state index in [0.29, 0.717) is 30.1 Å². The number of piperazine rings is 1. The van der Waals surface area contributed by atoms with Gasteiger partial charge in [-0.2, -0.15) is 0 Å². The molecule has 1 fully saturated rings. The lowest BCUT2D eigenvalue weighted by molar-refractivity contribution is -0.130. The van der Waals surface area contributed by atoms with Gasteiger partial charge in [0.05, 0.1) is 17.2 Å². The molecule has 32 heavy (non-hydrogen) atoms. The molecule has 3 aromatic rings. The molecule has 0 saturated carbocycles. The fourth-order valence-corrected chi connectivity index (χ4v) is 4.73. The molecular formula is C24H25FN4O2S. The van der Waals surface area contributed by atoms with E-state index in [9.17, 15) is 14.0 Å². The van der Waals surface area contributed by atoms with Crippen molar-refractivity contribution in [3.8, 4) is 0 Å². The molecule has 2 aromatic carbocycles. The second-order valence-electron chi connectivity index (χ2n) is 7.71. The van der Waals surface area contributed by atoms with Gasteiger partial charge in [0.15, 0.2) is 0 Å². The van der Waals surface area contributed by atoms with E-state index in [4.69, 9.17) is 0 Å². The minimum atomic E-state index is -0.290. The fraction of sp³-hybridized carbons (Fsp3) is 0.292. The van der Waals surface area contributed by atoms with Gasteiger partial charge in [0.2, 0.25) is 5.91 Å². The zero-order valence-corrected chi connectivity index (χ0v) is 18.7. The predicted molar refractivity (Wildman–Crippen MR) is 124 cm³/mol. The van der Waals surface area contributed by atoms with Gasteiger partial charge in [-0.05, 0) is 36.8 Å². The van der Waals surface area contributed by atoms with Crippen LogP contribution in [0.3, 0.4) is 0 Å². The van der Waals surface area contributed by atoms with Crippen LogP contribution in [0.5, 0.6) is 0 Å². The Morgan fingerprint density at radius 3 is 2.41 bits per heavy atom. The maximum absolute atomic E-state index is 13.1. The van der Waals surface area contributed by atoms with E-state index in [-0.39, 0.29) is 24.2 Å². The summed E-state index contributed by atoms with van der Waals surface area (Å²) in [7, 11) is 0. The molecule has 0 atom stereocenters. The lowest BCUT2D eigenvalue weighted by Gasteiger charge is -2.36. The highest BCUT2D eigenvalue weighted by Crippen LogP contribution is 2.21. The second-order valence-corrected chi connectivity index (χ2v) is 8.80. The summed E-state index contributed by atoms with van der Waals surface area (Å²) in [6.07, 6.45) is 0.531. The van der Waals surface area contributed by atoms with Crippen molar-refractivity contribution in [3.05, 3.63) is 81.6 Å². The van der Waals surface area contributed by atoms with Gasteiger partial charge in [-0.15, -0.1) is 11.3 Å². The van der Waals surface area contributed by atoms with Crippen molar-refractivity contribution in [2.24, 2.45) is 0 Å². The van der Waals surface area contributed by atoms with Crippen molar-refractivity contribution in [1.29, 1.82) is 0 Å². The smallest absolute Gasteiger partial charge is 0.263 e. The third-order valence-electron chi connectivity index (χ3n) is 5.47. The molecule has 0 bridgehead atoms. The molecule has 0 unspecified atom stereocenters. The first-order valence-electron chi connectivity index (χ1n) is 10.6. The zero-order valence-electron chi connectivity index (χ0n) is 17.9. The minimum Gasteiger partial charge on any atom is -0.368 e. The molecule has 1 aliphatic heterocycles. The van der Waals surface area contributed by atoms with Crippen molar-refractivity contribution in [2.75, 3.05) is 37.6 Å². The number of hydrogen-bond donors (Lipinski definition) is 1. The Labute approximate surface area is 190 Å². The quantitative estimate of drug-likeness (QED) is 0.624. The van der Waals surface area contributed by atoms with Crippen molar-refractivity contribution in [3.63, 3.8) is 0 Å². The molecule has 1 aromatic heterocycles. The molecule has 0 radical (unpaired) electrons. The van der Waals surface area contributed by atoms with Crippen molar-refractivity contribution in [1.82, 2.24) is 15.2 Å². The van der Waals surface area contributed by atoms with E-state index in [1.807, 2.05) is 18.2 Å². The first-order valence-corrected chi connectivity index (χ1v) is 11.4. The number of aryl methyl sites for hydroxylation is 1. The molecule has 8 heteroatoms. The Bertz CT molecular complexity index is 1080. The SMILES string of the molecule is Cc1nc(Cc2ccc(F)cc2)sc1C(=O)NCC(=O)N1CCN(c2ccccc2)CC1. The molecule has 166 valence electrons. The molecule has 2 amide bonds. The maximum Gasteiger partial charge on any atom is 0.263 e. The molecule has 4 rings (SSSR count). The second kappa shape index (κ2) is 9.91. The summed E-state index contributed by atoms with van der Waals surface area (Å²) in [5.74, 6) is -0.656. The standard InChI is InChI=1S/C24H25FN4O2S/c1-17-23(32-21(27-17)15-18-7-9-19(25)10-8-18)24(31)26-16-22(30)29-13-11-28(12-14-29)20-5-3-2-4-6-20/h2-10H,11-16H2,1H3,(H,26,31). The third-order valence-corrected chi connectivity index (χ3v) is 6.63. The van der Waals surface area contributed by atoms with Gasteiger partial charge in [-0.3, -0.25) is 9.59 Å². The molecule has 2 heterocycles. The first-order chi connectivity index (χ1) is 15.5. The average Bonchev–Trinajstić information content (AvgIpc) is 3.19. The lowest BCUT2D eigenvalue weighted by atomic mass is 10.1. The number of anilines is 1.